The van der Waals surface area contributed by atoms with Crippen LogP contribution >= 0.6 is 35.6 Å². The van der Waals surface area contributed by atoms with Crippen molar-refractivity contribution in [3.63, 3.8) is 0 Å². The van der Waals surface area contributed by atoms with Crippen molar-refractivity contribution in [2.75, 3.05) is 19.8 Å². The molecule has 0 amide bonds. The SMILES string of the molecule is CCOC(=S)SC(C)C(=O)OCCOC(=O)C(C)Cl. The molecule has 0 saturated carbocycles. The first-order valence-electron chi connectivity index (χ1n) is 5.69. The Morgan fingerprint density at radius 3 is 2.16 bits per heavy atom. The first-order valence-corrected chi connectivity index (χ1v) is 7.41. The zero-order valence-electron chi connectivity index (χ0n) is 11.0. The second-order valence-electron chi connectivity index (χ2n) is 3.39. The van der Waals surface area contributed by atoms with Gasteiger partial charge in [0.05, 0.1) is 6.61 Å². The Kier molecular flexibility index (Phi) is 9.99. The van der Waals surface area contributed by atoms with Crippen LogP contribution in [0.4, 0.5) is 0 Å². The van der Waals surface area contributed by atoms with Gasteiger partial charge >= 0.3 is 11.9 Å². The minimum absolute atomic E-state index is 0.0134. The third-order valence-corrected chi connectivity index (χ3v) is 3.20. The van der Waals surface area contributed by atoms with E-state index in [1.807, 2.05) is 6.92 Å². The largest absolute Gasteiger partial charge is 0.479 e. The van der Waals surface area contributed by atoms with Crippen LogP contribution in [-0.2, 0) is 23.8 Å². The van der Waals surface area contributed by atoms with Gasteiger partial charge in [-0.2, -0.15) is 0 Å². The predicted molar refractivity (Wildman–Crippen MR) is 78.5 cm³/mol. The molecule has 0 aliphatic heterocycles. The van der Waals surface area contributed by atoms with Crippen molar-refractivity contribution in [2.45, 2.75) is 31.4 Å². The van der Waals surface area contributed by atoms with E-state index < -0.39 is 22.6 Å². The molecule has 5 nitrogen and oxygen atoms in total. The molecule has 0 aliphatic rings. The predicted octanol–water partition coefficient (Wildman–Crippen LogP) is 2.14. The highest BCUT2D eigenvalue weighted by Gasteiger charge is 2.18. The van der Waals surface area contributed by atoms with Crippen molar-refractivity contribution < 1.29 is 23.8 Å². The second-order valence-corrected chi connectivity index (χ2v) is 5.99. The molecule has 0 aromatic carbocycles. The molecule has 0 heterocycles. The first-order chi connectivity index (χ1) is 8.88. The Balaban J connectivity index is 3.79. The van der Waals surface area contributed by atoms with Crippen molar-refractivity contribution in [2.24, 2.45) is 0 Å². The Bertz CT molecular complexity index is 322. The van der Waals surface area contributed by atoms with Gasteiger partial charge in [0.15, 0.2) is 0 Å². The number of carbonyl (C=O) groups excluding carboxylic acids is 2. The van der Waals surface area contributed by atoms with Gasteiger partial charge in [-0.1, -0.05) is 11.8 Å². The van der Waals surface area contributed by atoms with Crippen molar-refractivity contribution >= 4 is 51.9 Å². The van der Waals surface area contributed by atoms with E-state index in [1.165, 1.54) is 6.92 Å². The molecule has 0 rings (SSSR count). The van der Waals surface area contributed by atoms with Gasteiger partial charge in [-0.3, -0.25) is 9.59 Å². The molecule has 0 saturated heterocycles. The lowest BCUT2D eigenvalue weighted by molar-refractivity contribution is -0.151. The Morgan fingerprint density at radius 1 is 1.16 bits per heavy atom. The van der Waals surface area contributed by atoms with E-state index in [9.17, 15) is 9.59 Å². The van der Waals surface area contributed by atoms with Crippen molar-refractivity contribution in [1.82, 2.24) is 0 Å². The average Bonchev–Trinajstić information content (AvgIpc) is 2.33. The Morgan fingerprint density at radius 2 is 1.68 bits per heavy atom. The summed E-state index contributed by atoms with van der Waals surface area (Å²) in [4.78, 5) is 22.5. The lowest BCUT2D eigenvalue weighted by Gasteiger charge is -2.12. The minimum atomic E-state index is -0.714. The van der Waals surface area contributed by atoms with Crippen LogP contribution in [0.5, 0.6) is 0 Å². The number of hydrogen-bond donors (Lipinski definition) is 0. The van der Waals surface area contributed by atoms with Gasteiger partial charge in [-0.25, -0.2) is 0 Å². The maximum atomic E-state index is 11.5. The molecule has 0 radical (unpaired) electrons. The monoisotopic (exact) mass is 328 g/mol. The fourth-order valence-electron chi connectivity index (χ4n) is 0.861. The molecule has 0 spiro atoms. The Hall–Kier alpha value is -0.530. The minimum Gasteiger partial charge on any atom is -0.479 e. The number of halogens is 1. The summed E-state index contributed by atoms with van der Waals surface area (Å²) in [6.45, 7) is 5.39. The van der Waals surface area contributed by atoms with Crippen LogP contribution in [0.1, 0.15) is 20.8 Å². The van der Waals surface area contributed by atoms with E-state index in [0.29, 0.717) is 11.0 Å². The topological polar surface area (TPSA) is 61.8 Å². The van der Waals surface area contributed by atoms with Gasteiger partial charge in [-0.15, -0.1) is 11.6 Å². The van der Waals surface area contributed by atoms with Crippen molar-refractivity contribution in [1.29, 1.82) is 0 Å². The zero-order valence-corrected chi connectivity index (χ0v) is 13.4. The van der Waals surface area contributed by atoms with Crippen molar-refractivity contribution in [3.8, 4) is 0 Å². The molecule has 0 fully saturated rings. The number of thioether (sulfide) groups is 1. The third-order valence-electron chi connectivity index (χ3n) is 1.76. The molecular weight excluding hydrogens is 312 g/mol. The highest BCUT2D eigenvalue weighted by atomic mass is 35.5. The highest BCUT2D eigenvalue weighted by molar-refractivity contribution is 8.23. The fraction of sp³-hybridized carbons (Fsp3) is 0.727. The van der Waals surface area contributed by atoms with Crippen LogP contribution in [0.2, 0.25) is 0 Å². The summed E-state index contributed by atoms with van der Waals surface area (Å²) in [6.07, 6.45) is 0. The summed E-state index contributed by atoms with van der Waals surface area (Å²) in [5, 5.41) is -1.18. The first kappa shape index (κ1) is 18.5. The van der Waals surface area contributed by atoms with Crippen LogP contribution in [0.3, 0.4) is 0 Å². The smallest absolute Gasteiger partial charge is 0.323 e. The van der Waals surface area contributed by atoms with E-state index in [2.05, 4.69) is 0 Å². The highest BCUT2D eigenvalue weighted by Crippen LogP contribution is 2.15. The van der Waals surface area contributed by atoms with E-state index in [0.717, 1.165) is 11.8 Å². The summed E-state index contributed by atoms with van der Waals surface area (Å²) in [5.41, 5.74) is 0. The van der Waals surface area contributed by atoms with Crippen molar-refractivity contribution in [3.05, 3.63) is 0 Å². The lowest BCUT2D eigenvalue weighted by atomic mass is 10.5. The van der Waals surface area contributed by atoms with E-state index >= 15 is 0 Å². The standard InChI is InChI=1S/C11H17ClO5S2/c1-4-15-11(18)19-8(3)10(14)17-6-5-16-9(13)7(2)12/h7-8H,4-6H2,1-3H3. The number of hydrogen-bond acceptors (Lipinski definition) is 7. The molecule has 0 bridgehead atoms. The fourth-order valence-corrected chi connectivity index (χ4v) is 2.11. The molecule has 0 aromatic heterocycles. The van der Waals surface area contributed by atoms with Gasteiger partial charge in [0.1, 0.15) is 23.8 Å². The van der Waals surface area contributed by atoms with E-state index in [1.54, 1.807) is 6.92 Å². The van der Waals surface area contributed by atoms with Crippen LogP contribution in [0.15, 0.2) is 0 Å². The number of thiocarbonyl (C=S) groups is 1. The van der Waals surface area contributed by atoms with Gasteiger partial charge in [0.2, 0.25) is 4.38 Å². The van der Waals surface area contributed by atoms with Crippen LogP contribution in [-0.4, -0.2) is 46.8 Å². The zero-order chi connectivity index (χ0) is 14.8. The number of esters is 2. The number of ether oxygens (including phenoxy) is 3. The Labute approximate surface area is 127 Å². The van der Waals surface area contributed by atoms with Gasteiger partial charge in [0, 0.05) is 0 Å². The molecule has 0 N–H and O–H groups in total. The molecule has 2 unspecified atom stereocenters. The van der Waals surface area contributed by atoms with E-state index in [-0.39, 0.29) is 13.2 Å². The lowest BCUT2D eigenvalue weighted by Crippen LogP contribution is -2.23. The average molecular weight is 329 g/mol. The van der Waals surface area contributed by atoms with Crippen LogP contribution in [0, 0.1) is 0 Å². The summed E-state index contributed by atoms with van der Waals surface area (Å²) < 4.78 is 15.0. The second kappa shape index (κ2) is 10.3. The molecule has 0 aliphatic carbocycles. The molecule has 8 heteroatoms. The number of rotatable bonds is 7. The number of alkyl halides is 1. The number of carbonyl (C=O) groups is 2. The van der Waals surface area contributed by atoms with E-state index in [4.69, 9.17) is 38.0 Å². The quantitative estimate of drug-likeness (QED) is 0.307. The maximum Gasteiger partial charge on any atom is 0.323 e. The molecule has 110 valence electrons. The van der Waals surface area contributed by atoms with Crippen LogP contribution < -0.4 is 0 Å². The summed E-state index contributed by atoms with van der Waals surface area (Å²) in [6, 6.07) is 0. The van der Waals surface area contributed by atoms with Gasteiger partial charge in [0.25, 0.3) is 0 Å². The normalized spacial score (nSPS) is 13.3. The summed E-state index contributed by atoms with van der Waals surface area (Å²) in [5.74, 6) is -0.986. The molecule has 19 heavy (non-hydrogen) atoms. The summed E-state index contributed by atoms with van der Waals surface area (Å²) >= 11 is 11.5. The van der Waals surface area contributed by atoms with Gasteiger partial charge < -0.3 is 14.2 Å². The summed E-state index contributed by atoms with van der Waals surface area (Å²) in [7, 11) is 0. The van der Waals surface area contributed by atoms with Crippen LogP contribution in [0.25, 0.3) is 0 Å². The molecular formula is C11H17ClO5S2. The maximum absolute atomic E-state index is 11.5. The van der Waals surface area contributed by atoms with Gasteiger partial charge in [-0.05, 0) is 33.0 Å². The molecule has 0 aromatic rings. The molecule has 2 atom stereocenters. The third kappa shape index (κ3) is 9.07.